The van der Waals surface area contributed by atoms with E-state index in [0.29, 0.717) is 19.0 Å². The van der Waals surface area contributed by atoms with Gasteiger partial charge in [-0.15, -0.1) is 11.8 Å². The largest absolute Gasteiger partial charge is 0.378 e. The Morgan fingerprint density at radius 2 is 1.93 bits per heavy atom. The first-order chi connectivity index (χ1) is 14.2. The molecule has 0 aliphatic rings. The average Bonchev–Trinajstić information content (AvgIpc) is 2.69. The van der Waals surface area contributed by atoms with Crippen LogP contribution in [-0.4, -0.2) is 63.9 Å². The molecule has 0 bridgehead atoms. The van der Waals surface area contributed by atoms with E-state index in [0.717, 1.165) is 17.5 Å². The third-order valence-corrected chi connectivity index (χ3v) is 6.14. The third-order valence-electron chi connectivity index (χ3n) is 4.05. The molecule has 0 fully saturated rings. The van der Waals surface area contributed by atoms with E-state index in [-0.39, 0.29) is 22.3 Å². The van der Waals surface area contributed by atoms with Crippen molar-refractivity contribution in [3.8, 4) is 0 Å². The molecule has 0 heterocycles. The molecule has 1 atom stereocenters. The Kier molecular flexibility index (Phi) is 9.06. The summed E-state index contributed by atoms with van der Waals surface area (Å²) in [5, 5.41) is 19.7. The second-order valence-corrected chi connectivity index (χ2v) is 9.48. The first kappa shape index (κ1) is 24.1. The third kappa shape index (κ3) is 7.92. The Hall–Kier alpha value is -2.18. The molecule has 3 N–H and O–H groups in total. The van der Waals surface area contributed by atoms with Crippen molar-refractivity contribution in [2.24, 2.45) is 5.14 Å². The number of nitro groups is 1. The molecule has 164 valence electrons. The number of nitrogens with one attached hydrogen (secondary N) is 1. The standard InChI is InChI=1S/C19H26N4O5S2/c1-22(2)10-11-28-13-15(14-29-16-6-4-3-5-7-16)21-18-9-8-17(30(20,26)27)12-19(18)23(24)25/h3-9,12,15,21H,10-11,13-14H2,1-2H3,(H2,20,26,27)/t15-/m1/s1. The van der Waals surface area contributed by atoms with Gasteiger partial charge in [0.15, 0.2) is 0 Å². The molecule has 0 saturated carbocycles. The van der Waals surface area contributed by atoms with Gasteiger partial charge < -0.3 is 15.0 Å². The van der Waals surface area contributed by atoms with Crippen LogP contribution in [0.4, 0.5) is 11.4 Å². The highest BCUT2D eigenvalue weighted by molar-refractivity contribution is 7.99. The molecular weight excluding hydrogens is 428 g/mol. The quantitative estimate of drug-likeness (QED) is 0.217. The van der Waals surface area contributed by atoms with Crippen molar-refractivity contribution >= 4 is 33.2 Å². The fourth-order valence-corrected chi connectivity index (χ4v) is 3.96. The first-order valence-electron chi connectivity index (χ1n) is 9.15. The minimum absolute atomic E-state index is 0.210. The van der Waals surface area contributed by atoms with E-state index < -0.39 is 14.9 Å². The predicted octanol–water partition coefficient (Wildman–Crippen LogP) is 2.39. The lowest BCUT2D eigenvalue weighted by atomic mass is 10.2. The minimum atomic E-state index is -4.04. The highest BCUT2D eigenvalue weighted by atomic mass is 32.2. The second-order valence-electron chi connectivity index (χ2n) is 6.82. The van der Waals surface area contributed by atoms with E-state index in [1.54, 1.807) is 11.8 Å². The first-order valence-corrected chi connectivity index (χ1v) is 11.7. The van der Waals surface area contributed by atoms with Crippen LogP contribution in [0.1, 0.15) is 0 Å². The maximum Gasteiger partial charge on any atom is 0.293 e. The summed E-state index contributed by atoms with van der Waals surface area (Å²) in [6, 6.07) is 13.1. The molecule has 2 rings (SSSR count). The number of rotatable bonds is 12. The number of ether oxygens (including phenoxy) is 1. The molecule has 11 heteroatoms. The molecular formula is C19H26N4O5S2. The number of benzene rings is 2. The van der Waals surface area contributed by atoms with Gasteiger partial charge in [-0.3, -0.25) is 10.1 Å². The van der Waals surface area contributed by atoms with Crippen LogP contribution in [0, 0.1) is 10.1 Å². The van der Waals surface area contributed by atoms with Crippen LogP contribution < -0.4 is 10.5 Å². The van der Waals surface area contributed by atoms with Gasteiger partial charge in [0.2, 0.25) is 10.0 Å². The van der Waals surface area contributed by atoms with Crippen molar-refractivity contribution in [1.82, 2.24) is 4.90 Å². The summed E-state index contributed by atoms with van der Waals surface area (Å²) in [5.74, 6) is 0.597. The number of hydrogen-bond acceptors (Lipinski definition) is 8. The minimum Gasteiger partial charge on any atom is -0.378 e. The second kappa shape index (κ2) is 11.3. The number of nitrogens with zero attached hydrogens (tertiary/aromatic N) is 2. The topological polar surface area (TPSA) is 128 Å². The van der Waals surface area contributed by atoms with Crippen molar-refractivity contribution in [2.45, 2.75) is 15.8 Å². The maximum atomic E-state index is 11.5. The Morgan fingerprint density at radius 3 is 2.53 bits per heavy atom. The van der Waals surface area contributed by atoms with Crippen LogP contribution in [0.3, 0.4) is 0 Å². The molecule has 2 aromatic rings. The Balaban J connectivity index is 2.17. The monoisotopic (exact) mass is 454 g/mol. The molecule has 9 nitrogen and oxygen atoms in total. The van der Waals surface area contributed by atoms with Crippen LogP contribution in [0.2, 0.25) is 0 Å². The Bertz CT molecular complexity index is 939. The number of likely N-dealkylation sites (N-methyl/N-ethyl adjacent to an activating group) is 1. The van der Waals surface area contributed by atoms with Crippen LogP contribution in [0.15, 0.2) is 58.3 Å². The number of nitrogens with two attached hydrogens (primary N) is 1. The Labute approximate surface area is 180 Å². The zero-order chi connectivity index (χ0) is 22.1. The molecule has 2 aromatic carbocycles. The number of hydrogen-bond donors (Lipinski definition) is 2. The van der Waals surface area contributed by atoms with Crippen LogP contribution >= 0.6 is 11.8 Å². The Morgan fingerprint density at radius 1 is 1.23 bits per heavy atom. The van der Waals surface area contributed by atoms with Gasteiger partial charge in [0.25, 0.3) is 5.69 Å². The normalized spacial score (nSPS) is 12.7. The lowest BCUT2D eigenvalue weighted by Crippen LogP contribution is -2.30. The lowest BCUT2D eigenvalue weighted by Gasteiger charge is -2.20. The van der Waals surface area contributed by atoms with Gasteiger partial charge in [-0.1, -0.05) is 18.2 Å². The number of anilines is 1. The summed E-state index contributed by atoms with van der Waals surface area (Å²) in [6.07, 6.45) is 0. The van der Waals surface area contributed by atoms with Gasteiger partial charge in [-0.05, 0) is 38.4 Å². The van der Waals surface area contributed by atoms with Crippen molar-refractivity contribution in [2.75, 3.05) is 44.9 Å². The SMILES string of the molecule is CN(C)CCOC[C@H](CSc1ccccc1)Nc1ccc(S(N)(=O)=O)cc1[N+](=O)[O-]. The van der Waals surface area contributed by atoms with E-state index >= 15 is 0 Å². The molecule has 0 aliphatic heterocycles. The predicted molar refractivity (Wildman–Crippen MR) is 118 cm³/mol. The zero-order valence-electron chi connectivity index (χ0n) is 16.9. The molecule has 0 unspecified atom stereocenters. The highest BCUT2D eigenvalue weighted by Gasteiger charge is 2.21. The van der Waals surface area contributed by atoms with Crippen molar-refractivity contribution in [1.29, 1.82) is 0 Å². The highest BCUT2D eigenvalue weighted by Crippen LogP contribution is 2.29. The summed E-state index contributed by atoms with van der Waals surface area (Å²) in [6.45, 7) is 1.61. The van der Waals surface area contributed by atoms with E-state index in [4.69, 9.17) is 9.88 Å². The van der Waals surface area contributed by atoms with Crippen molar-refractivity contribution < 1.29 is 18.1 Å². The smallest absolute Gasteiger partial charge is 0.293 e. The van der Waals surface area contributed by atoms with Crippen LogP contribution in [-0.2, 0) is 14.8 Å². The lowest BCUT2D eigenvalue weighted by molar-refractivity contribution is -0.384. The van der Waals surface area contributed by atoms with E-state index in [9.17, 15) is 18.5 Å². The summed E-state index contributed by atoms with van der Waals surface area (Å²) in [4.78, 5) is 13.6. The van der Waals surface area contributed by atoms with Crippen molar-refractivity contribution in [3.05, 3.63) is 58.6 Å². The van der Waals surface area contributed by atoms with Gasteiger partial charge in [-0.2, -0.15) is 0 Å². The average molecular weight is 455 g/mol. The molecule has 0 aliphatic carbocycles. The zero-order valence-corrected chi connectivity index (χ0v) is 18.5. The van der Waals surface area contributed by atoms with Gasteiger partial charge in [0, 0.05) is 23.3 Å². The number of sulfonamides is 1. The molecule has 0 aromatic heterocycles. The van der Waals surface area contributed by atoms with Gasteiger partial charge in [0.05, 0.1) is 29.1 Å². The maximum absolute atomic E-state index is 11.5. The number of primary sulfonamides is 1. The van der Waals surface area contributed by atoms with Gasteiger partial charge >= 0.3 is 0 Å². The molecule has 30 heavy (non-hydrogen) atoms. The fourth-order valence-electron chi connectivity index (χ4n) is 2.50. The number of thioether (sulfide) groups is 1. The summed E-state index contributed by atoms with van der Waals surface area (Å²) < 4.78 is 28.8. The van der Waals surface area contributed by atoms with E-state index in [2.05, 4.69) is 5.32 Å². The van der Waals surface area contributed by atoms with Crippen LogP contribution in [0.5, 0.6) is 0 Å². The van der Waals surface area contributed by atoms with Crippen molar-refractivity contribution in [3.63, 3.8) is 0 Å². The fraction of sp³-hybridized carbons (Fsp3) is 0.368. The molecule has 0 saturated heterocycles. The van der Waals surface area contributed by atoms with Gasteiger partial charge in [-0.25, -0.2) is 13.6 Å². The summed E-state index contributed by atoms with van der Waals surface area (Å²) in [5.41, 5.74) is -0.146. The van der Waals surface area contributed by atoms with Crippen LogP contribution in [0.25, 0.3) is 0 Å². The summed E-state index contributed by atoms with van der Waals surface area (Å²) in [7, 11) is -0.151. The molecule has 0 radical (unpaired) electrons. The summed E-state index contributed by atoms with van der Waals surface area (Å²) >= 11 is 1.60. The number of nitro benzene ring substituents is 1. The van der Waals surface area contributed by atoms with Gasteiger partial charge in [0.1, 0.15) is 5.69 Å². The van der Waals surface area contributed by atoms with E-state index in [1.807, 2.05) is 49.3 Å². The molecule has 0 amide bonds. The van der Waals surface area contributed by atoms with E-state index in [1.165, 1.54) is 12.1 Å². The molecule has 0 spiro atoms.